The highest BCUT2D eigenvalue weighted by Gasteiger charge is 2.24. The van der Waals surface area contributed by atoms with Gasteiger partial charge in [0.15, 0.2) is 0 Å². The molecule has 150 valence electrons. The van der Waals surface area contributed by atoms with E-state index in [4.69, 9.17) is 14.7 Å². The fraction of sp³-hybridized carbons (Fsp3) is 0.571. The van der Waals surface area contributed by atoms with Crippen molar-refractivity contribution in [2.24, 2.45) is 5.92 Å². The molecule has 6 heteroatoms. The summed E-state index contributed by atoms with van der Waals surface area (Å²) >= 11 is 0. The van der Waals surface area contributed by atoms with E-state index in [1.807, 2.05) is 45.0 Å². The first-order chi connectivity index (χ1) is 12.8. The van der Waals surface area contributed by atoms with Gasteiger partial charge in [-0.2, -0.15) is 0 Å². The lowest BCUT2D eigenvalue weighted by atomic mass is 9.94. The number of carbonyl (C=O) groups excluding carboxylic acids is 2. The fourth-order valence-corrected chi connectivity index (χ4v) is 3.03. The lowest BCUT2D eigenvalue weighted by Crippen LogP contribution is -2.29. The summed E-state index contributed by atoms with van der Waals surface area (Å²) < 4.78 is 0. The Balaban J connectivity index is 0.000000828. The molecule has 1 aromatic rings. The minimum absolute atomic E-state index is 0.186. The number of benzene rings is 1. The molecule has 2 rings (SSSR count). The standard InChI is InChI=1S/C19H27NO3.C2H4O2/c1-4-20(5-2)23-19(22)14(3)16-11-9-15(10-12-16)13-17-7-6-8-18(17)21;1-2(3)4/h9-12,14,17H,4-8,13H2,1-3H3;1H3,(H,3,4). The Bertz CT molecular complexity index is 618. The molecule has 1 aliphatic carbocycles. The van der Waals surface area contributed by atoms with Gasteiger partial charge in [0, 0.05) is 32.4 Å². The van der Waals surface area contributed by atoms with Crippen molar-refractivity contribution in [3.05, 3.63) is 35.4 Å². The number of nitrogens with zero attached hydrogens (tertiary/aromatic N) is 1. The minimum Gasteiger partial charge on any atom is -0.481 e. The molecular formula is C21H31NO5. The molecule has 1 fully saturated rings. The lowest BCUT2D eigenvalue weighted by molar-refractivity contribution is -0.190. The van der Waals surface area contributed by atoms with Gasteiger partial charge in [-0.05, 0) is 51.2 Å². The molecule has 0 aliphatic heterocycles. The van der Waals surface area contributed by atoms with Gasteiger partial charge in [0.2, 0.25) is 0 Å². The predicted molar refractivity (Wildman–Crippen MR) is 103 cm³/mol. The van der Waals surface area contributed by atoms with Crippen molar-refractivity contribution in [2.45, 2.75) is 59.3 Å². The van der Waals surface area contributed by atoms with Crippen LogP contribution in [-0.4, -0.2) is 41.0 Å². The maximum absolute atomic E-state index is 12.2. The molecule has 0 aromatic heterocycles. The smallest absolute Gasteiger partial charge is 0.332 e. The van der Waals surface area contributed by atoms with E-state index < -0.39 is 5.97 Å². The van der Waals surface area contributed by atoms with Gasteiger partial charge in [-0.3, -0.25) is 9.59 Å². The molecule has 0 amide bonds. The van der Waals surface area contributed by atoms with Gasteiger partial charge in [-0.15, -0.1) is 5.06 Å². The van der Waals surface area contributed by atoms with E-state index in [9.17, 15) is 9.59 Å². The third-order valence-corrected chi connectivity index (χ3v) is 4.67. The highest BCUT2D eigenvalue weighted by atomic mass is 16.7. The first-order valence-corrected chi connectivity index (χ1v) is 9.56. The number of hydrogen-bond donors (Lipinski definition) is 1. The average molecular weight is 377 g/mol. The second kappa shape index (κ2) is 11.5. The molecule has 6 nitrogen and oxygen atoms in total. The lowest BCUT2D eigenvalue weighted by Gasteiger charge is -2.20. The van der Waals surface area contributed by atoms with E-state index in [0.717, 1.165) is 38.2 Å². The zero-order chi connectivity index (χ0) is 20.4. The predicted octanol–water partition coefficient (Wildman–Crippen LogP) is 3.59. The highest BCUT2D eigenvalue weighted by Crippen LogP contribution is 2.26. The zero-order valence-electron chi connectivity index (χ0n) is 16.7. The fourth-order valence-electron chi connectivity index (χ4n) is 3.03. The minimum atomic E-state index is -0.833. The van der Waals surface area contributed by atoms with Gasteiger partial charge in [-0.25, -0.2) is 4.79 Å². The molecule has 0 bridgehead atoms. The van der Waals surface area contributed by atoms with Crippen LogP contribution in [-0.2, 0) is 25.6 Å². The number of carboxylic acids is 1. The van der Waals surface area contributed by atoms with E-state index in [1.165, 1.54) is 5.56 Å². The Morgan fingerprint density at radius 1 is 1.22 bits per heavy atom. The summed E-state index contributed by atoms with van der Waals surface area (Å²) in [5.74, 6) is -0.777. The van der Waals surface area contributed by atoms with Crippen molar-refractivity contribution >= 4 is 17.7 Å². The number of hydrogen-bond acceptors (Lipinski definition) is 5. The van der Waals surface area contributed by atoms with Crippen molar-refractivity contribution in [2.75, 3.05) is 13.1 Å². The SMILES string of the molecule is CC(=O)O.CCN(CC)OC(=O)C(C)c1ccc(CC2CCCC2=O)cc1. The van der Waals surface area contributed by atoms with Crippen LogP contribution in [0.1, 0.15) is 64.0 Å². The van der Waals surface area contributed by atoms with E-state index in [1.54, 1.807) is 5.06 Å². The largest absolute Gasteiger partial charge is 0.481 e. The van der Waals surface area contributed by atoms with Crippen LogP contribution in [0.3, 0.4) is 0 Å². The van der Waals surface area contributed by atoms with Crippen LogP contribution in [0.25, 0.3) is 0 Å². The molecule has 0 heterocycles. The molecule has 1 N–H and O–H groups in total. The molecule has 0 spiro atoms. The van der Waals surface area contributed by atoms with E-state index in [-0.39, 0.29) is 17.8 Å². The molecular weight excluding hydrogens is 346 g/mol. The maximum Gasteiger partial charge on any atom is 0.332 e. The highest BCUT2D eigenvalue weighted by molar-refractivity contribution is 5.83. The Hall–Kier alpha value is -2.21. The molecule has 1 saturated carbocycles. The summed E-state index contributed by atoms with van der Waals surface area (Å²) in [7, 11) is 0. The maximum atomic E-state index is 12.2. The number of carbonyl (C=O) groups is 3. The van der Waals surface area contributed by atoms with E-state index in [2.05, 4.69) is 0 Å². The van der Waals surface area contributed by atoms with Crippen molar-refractivity contribution in [1.29, 1.82) is 0 Å². The summed E-state index contributed by atoms with van der Waals surface area (Å²) in [6.45, 7) is 8.23. The number of carboxylic acid groups (broad SMARTS) is 1. The molecule has 1 aliphatic rings. The Kier molecular flexibility index (Phi) is 9.72. The first kappa shape index (κ1) is 22.8. The van der Waals surface area contributed by atoms with Crippen molar-refractivity contribution in [3.63, 3.8) is 0 Å². The van der Waals surface area contributed by atoms with Crippen LogP contribution < -0.4 is 0 Å². The van der Waals surface area contributed by atoms with Crippen molar-refractivity contribution < 1.29 is 24.3 Å². The number of aliphatic carboxylic acids is 1. The summed E-state index contributed by atoms with van der Waals surface area (Å²) in [4.78, 5) is 38.3. The van der Waals surface area contributed by atoms with Gasteiger partial charge in [-0.1, -0.05) is 24.3 Å². The van der Waals surface area contributed by atoms with Gasteiger partial charge in [0.25, 0.3) is 5.97 Å². The number of rotatable bonds is 7. The van der Waals surface area contributed by atoms with Gasteiger partial charge < -0.3 is 9.94 Å². The van der Waals surface area contributed by atoms with Crippen LogP contribution in [0.15, 0.2) is 24.3 Å². The van der Waals surface area contributed by atoms with Crippen molar-refractivity contribution in [3.8, 4) is 0 Å². The third kappa shape index (κ3) is 7.91. The average Bonchev–Trinajstić information content (AvgIpc) is 3.03. The van der Waals surface area contributed by atoms with E-state index in [0.29, 0.717) is 18.9 Å². The van der Waals surface area contributed by atoms with Crippen LogP contribution in [0.5, 0.6) is 0 Å². The quantitative estimate of drug-likeness (QED) is 0.731. The molecule has 2 unspecified atom stereocenters. The monoisotopic (exact) mass is 377 g/mol. The summed E-state index contributed by atoms with van der Waals surface area (Å²) in [6, 6.07) is 8.01. The summed E-state index contributed by atoms with van der Waals surface area (Å²) in [6.07, 6.45) is 3.58. The normalized spacial score (nSPS) is 17.2. The summed E-state index contributed by atoms with van der Waals surface area (Å²) in [5.41, 5.74) is 2.11. The Labute approximate surface area is 161 Å². The second-order valence-electron chi connectivity index (χ2n) is 6.77. The number of Topliss-reactive ketones (excluding diaryl/α,β-unsaturated/α-hetero) is 1. The third-order valence-electron chi connectivity index (χ3n) is 4.67. The molecule has 0 saturated heterocycles. The number of hydroxylamine groups is 2. The molecule has 1 aromatic carbocycles. The van der Waals surface area contributed by atoms with E-state index >= 15 is 0 Å². The van der Waals surface area contributed by atoms with Gasteiger partial charge in [0.05, 0.1) is 5.92 Å². The van der Waals surface area contributed by atoms with Crippen LogP contribution >= 0.6 is 0 Å². The Morgan fingerprint density at radius 2 is 1.78 bits per heavy atom. The topological polar surface area (TPSA) is 83.9 Å². The van der Waals surface area contributed by atoms with Crippen LogP contribution in [0.4, 0.5) is 0 Å². The first-order valence-electron chi connectivity index (χ1n) is 9.56. The van der Waals surface area contributed by atoms with Crippen molar-refractivity contribution in [1.82, 2.24) is 5.06 Å². The van der Waals surface area contributed by atoms with Crippen LogP contribution in [0.2, 0.25) is 0 Å². The molecule has 2 atom stereocenters. The molecule has 27 heavy (non-hydrogen) atoms. The second-order valence-corrected chi connectivity index (χ2v) is 6.77. The van der Waals surface area contributed by atoms with Gasteiger partial charge in [0.1, 0.15) is 5.78 Å². The van der Waals surface area contributed by atoms with Gasteiger partial charge >= 0.3 is 5.97 Å². The number of ketones is 1. The molecule has 0 radical (unpaired) electrons. The summed E-state index contributed by atoms with van der Waals surface area (Å²) in [5, 5.41) is 9.07. The zero-order valence-corrected chi connectivity index (χ0v) is 16.7. The van der Waals surface area contributed by atoms with Crippen LogP contribution in [0, 0.1) is 5.92 Å². The Morgan fingerprint density at radius 3 is 2.22 bits per heavy atom.